The predicted octanol–water partition coefficient (Wildman–Crippen LogP) is 7.79. The maximum Gasteiger partial charge on any atom is 0.416 e. The Labute approximate surface area is 242 Å². The number of rotatable bonds is 6. The first kappa shape index (κ1) is 29.4. The molecule has 2 heterocycles. The summed E-state index contributed by atoms with van der Waals surface area (Å²) in [6.45, 7) is 1.34. The van der Waals surface area contributed by atoms with Crippen molar-refractivity contribution in [3.8, 4) is 22.9 Å². The molecule has 3 aromatic carbocycles. The zero-order valence-corrected chi connectivity index (χ0v) is 22.5. The first-order valence-corrected chi connectivity index (χ1v) is 13.0. The number of hydrogen-bond acceptors (Lipinski definition) is 7. The van der Waals surface area contributed by atoms with E-state index in [0.717, 1.165) is 30.6 Å². The molecule has 0 unspecified atom stereocenters. The van der Waals surface area contributed by atoms with Crippen LogP contribution in [-0.4, -0.2) is 26.8 Å². The number of benzene rings is 3. The van der Waals surface area contributed by atoms with Crippen molar-refractivity contribution in [3.05, 3.63) is 89.7 Å². The second kappa shape index (κ2) is 11.3. The lowest BCUT2D eigenvalue weighted by Crippen LogP contribution is -2.15. The Morgan fingerprint density at radius 1 is 0.837 bits per heavy atom. The minimum Gasteiger partial charge on any atom is -0.437 e. The van der Waals surface area contributed by atoms with E-state index in [9.17, 15) is 35.9 Å². The molecule has 220 valence electrons. The van der Waals surface area contributed by atoms with Crippen LogP contribution in [0.2, 0.25) is 0 Å². The Bertz CT molecular complexity index is 1840. The number of ether oxygens (including phenoxy) is 1. The molecule has 0 saturated carbocycles. The minimum absolute atomic E-state index is 0.00788. The number of carbonyl (C=O) groups excluding carboxylic acids is 2. The molecule has 2 amide bonds. The number of halogens is 6. The molecule has 0 aliphatic carbocycles. The highest BCUT2D eigenvalue weighted by Crippen LogP contribution is 2.38. The third-order valence-electron chi connectivity index (χ3n) is 5.87. The summed E-state index contributed by atoms with van der Waals surface area (Å²) in [6.07, 6.45) is -8.28. The van der Waals surface area contributed by atoms with Crippen LogP contribution in [-0.2, 0) is 17.1 Å². The number of fused-ring (bicyclic) bond motifs is 1. The summed E-state index contributed by atoms with van der Waals surface area (Å²) < 4.78 is 85.9. The van der Waals surface area contributed by atoms with E-state index in [0.29, 0.717) is 33.5 Å². The van der Waals surface area contributed by atoms with Crippen LogP contribution < -0.4 is 15.4 Å². The van der Waals surface area contributed by atoms with Gasteiger partial charge in [0.25, 0.3) is 5.91 Å². The number of carbonyl (C=O) groups is 2. The molecule has 43 heavy (non-hydrogen) atoms. The maximum absolute atomic E-state index is 13.5. The largest absolute Gasteiger partial charge is 0.437 e. The number of thiazole rings is 1. The van der Waals surface area contributed by atoms with Gasteiger partial charge in [-0.1, -0.05) is 23.5 Å². The molecule has 0 atom stereocenters. The topological polar surface area (TPSA) is 106 Å². The Morgan fingerprint density at radius 2 is 1.53 bits per heavy atom. The maximum atomic E-state index is 13.5. The van der Waals surface area contributed by atoms with E-state index >= 15 is 0 Å². The highest BCUT2D eigenvalue weighted by Gasteiger charge is 2.32. The molecule has 0 radical (unpaired) electrons. The average Bonchev–Trinajstić information content (AvgIpc) is 3.35. The van der Waals surface area contributed by atoms with E-state index in [2.05, 4.69) is 25.6 Å². The van der Waals surface area contributed by atoms with Gasteiger partial charge in [-0.3, -0.25) is 9.59 Å². The molecule has 0 aliphatic heterocycles. The van der Waals surface area contributed by atoms with Gasteiger partial charge in [0.1, 0.15) is 11.8 Å². The normalized spacial score (nSPS) is 11.8. The first-order chi connectivity index (χ1) is 20.3. The summed E-state index contributed by atoms with van der Waals surface area (Å²) in [5.41, 5.74) is -2.02. The van der Waals surface area contributed by atoms with E-state index < -0.39 is 29.4 Å². The van der Waals surface area contributed by atoms with Crippen LogP contribution in [0.5, 0.6) is 11.6 Å². The molecule has 0 fully saturated rings. The average molecular weight is 618 g/mol. The summed E-state index contributed by atoms with van der Waals surface area (Å²) in [5, 5.41) is 5.29. The molecule has 5 rings (SSSR count). The van der Waals surface area contributed by atoms with Gasteiger partial charge in [0.05, 0.1) is 27.2 Å². The molecular weight excluding hydrogens is 600 g/mol. The Kier molecular flexibility index (Phi) is 7.75. The number of nitrogens with zero attached hydrogens (tertiary/aromatic N) is 3. The highest BCUT2D eigenvalue weighted by molar-refractivity contribution is 7.22. The van der Waals surface area contributed by atoms with Gasteiger partial charge in [-0.2, -0.15) is 26.3 Å². The molecule has 0 saturated heterocycles. The number of para-hydroxylation sites is 1. The third kappa shape index (κ3) is 6.72. The number of amides is 2. The van der Waals surface area contributed by atoms with Gasteiger partial charge >= 0.3 is 12.4 Å². The van der Waals surface area contributed by atoms with E-state index in [1.165, 1.54) is 24.3 Å². The van der Waals surface area contributed by atoms with Crippen LogP contribution in [0.4, 0.5) is 37.2 Å². The molecule has 0 spiro atoms. The van der Waals surface area contributed by atoms with E-state index in [4.69, 9.17) is 4.74 Å². The van der Waals surface area contributed by atoms with Crippen LogP contribution in [0, 0.1) is 0 Å². The fourth-order valence-electron chi connectivity index (χ4n) is 3.92. The van der Waals surface area contributed by atoms with Crippen molar-refractivity contribution < 1.29 is 40.7 Å². The monoisotopic (exact) mass is 617 g/mol. The molecular formula is C28H17F6N5O3S. The smallest absolute Gasteiger partial charge is 0.416 e. The lowest BCUT2D eigenvalue weighted by Gasteiger charge is -2.15. The van der Waals surface area contributed by atoms with Crippen LogP contribution >= 0.6 is 11.3 Å². The van der Waals surface area contributed by atoms with E-state index in [-0.39, 0.29) is 40.0 Å². The summed E-state index contributed by atoms with van der Waals surface area (Å²) in [4.78, 5) is 36.8. The number of hydrogen-bond donors (Lipinski definition) is 2. The van der Waals surface area contributed by atoms with Crippen LogP contribution in [0.1, 0.15) is 28.4 Å². The van der Waals surface area contributed by atoms with Crippen LogP contribution in [0.15, 0.2) is 73.1 Å². The Hall–Kier alpha value is -5.05. The molecule has 15 heteroatoms. The van der Waals surface area contributed by atoms with Crippen molar-refractivity contribution in [1.29, 1.82) is 0 Å². The van der Waals surface area contributed by atoms with Gasteiger partial charge in [-0.25, -0.2) is 15.0 Å². The lowest BCUT2D eigenvalue weighted by atomic mass is 10.0. The summed E-state index contributed by atoms with van der Waals surface area (Å²) in [7, 11) is 0. The van der Waals surface area contributed by atoms with Gasteiger partial charge in [-0.15, -0.1) is 0 Å². The van der Waals surface area contributed by atoms with Crippen molar-refractivity contribution in [2.45, 2.75) is 19.3 Å². The summed E-state index contributed by atoms with van der Waals surface area (Å²) >= 11 is 1.22. The molecule has 2 aromatic heterocycles. The predicted molar refractivity (Wildman–Crippen MR) is 146 cm³/mol. The second-order valence-electron chi connectivity index (χ2n) is 8.93. The minimum atomic E-state index is -4.76. The van der Waals surface area contributed by atoms with Crippen molar-refractivity contribution in [2.75, 3.05) is 10.6 Å². The van der Waals surface area contributed by atoms with Crippen molar-refractivity contribution in [3.63, 3.8) is 0 Å². The fourth-order valence-corrected chi connectivity index (χ4v) is 4.85. The summed E-state index contributed by atoms with van der Waals surface area (Å²) in [5.74, 6) is -0.977. The van der Waals surface area contributed by atoms with Crippen molar-refractivity contribution in [1.82, 2.24) is 15.0 Å². The molecule has 0 bridgehead atoms. The Balaban J connectivity index is 1.48. The molecule has 5 aromatic rings. The number of nitrogens with one attached hydrogen (secondary N) is 2. The van der Waals surface area contributed by atoms with Gasteiger partial charge in [-0.05, 0) is 48.5 Å². The van der Waals surface area contributed by atoms with E-state index in [1.54, 1.807) is 18.2 Å². The number of anilines is 2. The number of aromatic nitrogens is 3. The SMILES string of the molecule is CC(=O)Nc1nc2c(Oc3cc(-c4ccc(C(F)(F)F)cc4NC(=O)c4ccc(C(F)(F)F)cc4)ncn3)cccc2s1. The van der Waals surface area contributed by atoms with Gasteiger partial charge in [0.15, 0.2) is 10.9 Å². The van der Waals surface area contributed by atoms with E-state index in [1.807, 2.05) is 0 Å². The second-order valence-corrected chi connectivity index (χ2v) is 9.96. The lowest BCUT2D eigenvalue weighted by molar-refractivity contribution is -0.138. The number of alkyl halides is 6. The third-order valence-corrected chi connectivity index (χ3v) is 6.80. The summed E-state index contributed by atoms with van der Waals surface area (Å²) in [6, 6.07) is 12.2. The van der Waals surface area contributed by atoms with Crippen molar-refractivity contribution >= 4 is 44.2 Å². The molecule has 8 nitrogen and oxygen atoms in total. The zero-order chi connectivity index (χ0) is 30.9. The highest BCUT2D eigenvalue weighted by atomic mass is 32.1. The van der Waals surface area contributed by atoms with Gasteiger partial charge in [0, 0.05) is 24.1 Å². The van der Waals surface area contributed by atoms with Crippen molar-refractivity contribution in [2.24, 2.45) is 0 Å². The Morgan fingerprint density at radius 3 is 2.21 bits per heavy atom. The van der Waals surface area contributed by atoms with Gasteiger partial charge in [0.2, 0.25) is 11.8 Å². The quantitative estimate of drug-likeness (QED) is 0.189. The first-order valence-electron chi connectivity index (χ1n) is 12.2. The molecule has 2 N–H and O–H groups in total. The van der Waals surface area contributed by atoms with Crippen LogP contribution in [0.25, 0.3) is 21.5 Å². The fraction of sp³-hybridized carbons (Fsp3) is 0.107. The standard InChI is InChI=1S/C28H17F6N5O3S/c1-14(40)37-26-39-24-21(3-2-4-22(24)43-26)42-23-12-19(35-13-36-23)18-10-9-17(28(32,33)34)11-20(18)38-25(41)15-5-7-16(8-6-15)27(29,30)31/h2-13H,1H3,(H,38,41)(H,37,39,40). The van der Waals surface area contributed by atoms with Gasteiger partial charge < -0.3 is 15.4 Å². The zero-order valence-electron chi connectivity index (χ0n) is 21.7. The molecule has 0 aliphatic rings. The van der Waals surface area contributed by atoms with Crippen LogP contribution in [0.3, 0.4) is 0 Å².